The van der Waals surface area contributed by atoms with Gasteiger partial charge in [0.05, 0.1) is 18.5 Å². The highest BCUT2D eigenvalue weighted by atomic mass is 16.4. The number of aryl methyl sites for hydroxylation is 1. The van der Waals surface area contributed by atoms with Crippen LogP contribution in [0.5, 0.6) is 0 Å². The molecule has 2 amide bonds. The first-order chi connectivity index (χ1) is 9.51. The van der Waals surface area contributed by atoms with Crippen LogP contribution in [-0.4, -0.2) is 32.2 Å². The summed E-state index contributed by atoms with van der Waals surface area (Å²) in [7, 11) is 1.85. The van der Waals surface area contributed by atoms with Crippen molar-refractivity contribution in [3.8, 4) is 0 Å². The van der Waals surface area contributed by atoms with Crippen LogP contribution in [0.1, 0.15) is 37.9 Å². The molecule has 0 spiro atoms. The summed E-state index contributed by atoms with van der Waals surface area (Å²) in [6, 6.07) is -0.337. The Morgan fingerprint density at radius 3 is 2.70 bits per heavy atom. The fourth-order valence-electron chi connectivity index (χ4n) is 2.70. The number of aromatic nitrogens is 2. The zero-order chi connectivity index (χ0) is 14.6. The van der Waals surface area contributed by atoms with Gasteiger partial charge in [0.1, 0.15) is 5.82 Å². The molecule has 20 heavy (non-hydrogen) atoms. The van der Waals surface area contributed by atoms with Gasteiger partial charge in [-0.1, -0.05) is 12.8 Å². The second-order valence-electron chi connectivity index (χ2n) is 5.32. The van der Waals surface area contributed by atoms with Gasteiger partial charge in [-0.25, -0.2) is 9.78 Å². The van der Waals surface area contributed by atoms with Gasteiger partial charge >= 0.3 is 12.0 Å². The monoisotopic (exact) mass is 280 g/mol. The maximum absolute atomic E-state index is 11.9. The van der Waals surface area contributed by atoms with Crippen LogP contribution in [-0.2, 0) is 18.4 Å². The lowest BCUT2D eigenvalue weighted by molar-refractivity contribution is -0.138. The molecule has 1 aliphatic carbocycles. The van der Waals surface area contributed by atoms with Crippen LogP contribution in [0.25, 0.3) is 0 Å². The van der Waals surface area contributed by atoms with Gasteiger partial charge in [0, 0.05) is 19.4 Å². The Balaban J connectivity index is 1.89. The van der Waals surface area contributed by atoms with Gasteiger partial charge in [-0.15, -0.1) is 0 Å². The van der Waals surface area contributed by atoms with Crippen LogP contribution in [0, 0.1) is 0 Å². The summed E-state index contributed by atoms with van der Waals surface area (Å²) < 4.78 is 1.82. The molecular formula is C13H20N4O3. The van der Waals surface area contributed by atoms with Crippen molar-refractivity contribution >= 4 is 12.0 Å². The Labute approximate surface area is 117 Å². The number of urea groups is 1. The normalized spacial score (nSPS) is 16.9. The van der Waals surface area contributed by atoms with Crippen molar-refractivity contribution in [1.29, 1.82) is 0 Å². The average molecular weight is 280 g/mol. The van der Waals surface area contributed by atoms with Crippen molar-refractivity contribution in [1.82, 2.24) is 20.2 Å². The van der Waals surface area contributed by atoms with Gasteiger partial charge in [0.15, 0.2) is 0 Å². The summed E-state index contributed by atoms with van der Waals surface area (Å²) in [5.74, 6) is -0.129. The summed E-state index contributed by atoms with van der Waals surface area (Å²) in [5.41, 5.74) is -0.600. The number of carboxylic acid groups (broad SMARTS) is 1. The second-order valence-corrected chi connectivity index (χ2v) is 5.32. The summed E-state index contributed by atoms with van der Waals surface area (Å²) in [6.07, 6.45) is 6.78. The van der Waals surface area contributed by atoms with Crippen molar-refractivity contribution in [3.05, 3.63) is 18.2 Å². The summed E-state index contributed by atoms with van der Waals surface area (Å²) >= 11 is 0. The van der Waals surface area contributed by atoms with E-state index in [4.69, 9.17) is 5.11 Å². The molecule has 0 bridgehead atoms. The van der Waals surface area contributed by atoms with Crippen LogP contribution in [0.15, 0.2) is 12.4 Å². The smallest absolute Gasteiger partial charge is 0.315 e. The van der Waals surface area contributed by atoms with E-state index in [-0.39, 0.29) is 12.5 Å². The maximum Gasteiger partial charge on any atom is 0.315 e. The maximum atomic E-state index is 11.9. The van der Waals surface area contributed by atoms with Crippen molar-refractivity contribution in [2.75, 3.05) is 0 Å². The van der Waals surface area contributed by atoms with E-state index >= 15 is 0 Å². The lowest BCUT2D eigenvalue weighted by Gasteiger charge is -2.28. The van der Waals surface area contributed by atoms with Crippen molar-refractivity contribution in [2.24, 2.45) is 7.05 Å². The molecule has 0 atom stereocenters. The highest BCUT2D eigenvalue weighted by Gasteiger charge is 2.37. The Kier molecular flexibility index (Phi) is 4.26. The molecule has 3 N–H and O–H groups in total. The number of imidazole rings is 1. The van der Waals surface area contributed by atoms with Gasteiger partial charge in [-0.2, -0.15) is 0 Å². The van der Waals surface area contributed by atoms with Crippen LogP contribution >= 0.6 is 0 Å². The molecule has 1 heterocycles. The van der Waals surface area contributed by atoms with Gasteiger partial charge in [0.25, 0.3) is 0 Å². The minimum absolute atomic E-state index is 0.0250. The standard InChI is InChI=1S/C13H20N4O3/c1-17-7-6-14-10(17)9-15-12(20)16-13(8-11(18)19)4-2-3-5-13/h6-7H,2-5,8-9H2,1H3,(H,18,19)(H2,15,16,20). The van der Waals surface area contributed by atoms with Crippen molar-refractivity contribution in [3.63, 3.8) is 0 Å². The average Bonchev–Trinajstić information content (AvgIpc) is 2.96. The third-order valence-electron chi connectivity index (χ3n) is 3.76. The Morgan fingerprint density at radius 1 is 1.45 bits per heavy atom. The molecule has 1 saturated carbocycles. The van der Waals surface area contributed by atoms with E-state index in [1.54, 1.807) is 12.4 Å². The Hall–Kier alpha value is -2.05. The predicted molar refractivity (Wildman–Crippen MR) is 72.0 cm³/mol. The first-order valence-electron chi connectivity index (χ1n) is 6.75. The van der Waals surface area contributed by atoms with Crippen LogP contribution in [0.4, 0.5) is 4.79 Å². The molecule has 1 aromatic rings. The Morgan fingerprint density at radius 2 is 2.15 bits per heavy atom. The summed E-state index contributed by atoms with van der Waals surface area (Å²) in [4.78, 5) is 27.0. The van der Waals surface area contributed by atoms with Crippen LogP contribution in [0.2, 0.25) is 0 Å². The van der Waals surface area contributed by atoms with E-state index in [9.17, 15) is 9.59 Å². The lowest BCUT2D eigenvalue weighted by Crippen LogP contribution is -2.51. The second kappa shape index (κ2) is 5.94. The number of rotatable bonds is 5. The molecule has 0 unspecified atom stereocenters. The molecular weight excluding hydrogens is 260 g/mol. The minimum atomic E-state index is -0.878. The first-order valence-corrected chi connectivity index (χ1v) is 6.75. The number of carbonyl (C=O) groups is 2. The third kappa shape index (κ3) is 3.49. The highest BCUT2D eigenvalue weighted by Crippen LogP contribution is 2.32. The quantitative estimate of drug-likeness (QED) is 0.750. The molecule has 1 aromatic heterocycles. The van der Waals surface area contributed by atoms with Crippen LogP contribution < -0.4 is 10.6 Å². The number of hydrogen-bond donors (Lipinski definition) is 3. The molecule has 7 nitrogen and oxygen atoms in total. The van der Waals surface area contributed by atoms with E-state index in [0.717, 1.165) is 31.5 Å². The van der Waals surface area contributed by atoms with Gasteiger partial charge in [-0.3, -0.25) is 4.79 Å². The molecule has 1 fully saturated rings. The number of carbonyl (C=O) groups excluding carboxylic acids is 1. The third-order valence-corrected chi connectivity index (χ3v) is 3.76. The topological polar surface area (TPSA) is 96.3 Å². The first kappa shape index (κ1) is 14.4. The fraction of sp³-hybridized carbons (Fsp3) is 0.615. The summed E-state index contributed by atoms with van der Waals surface area (Å²) in [6.45, 7) is 0.318. The molecule has 1 aliphatic rings. The number of nitrogens with zero attached hydrogens (tertiary/aromatic N) is 2. The number of nitrogens with one attached hydrogen (secondary N) is 2. The van der Waals surface area contributed by atoms with Crippen molar-refractivity contribution < 1.29 is 14.7 Å². The molecule has 0 aliphatic heterocycles. The lowest BCUT2D eigenvalue weighted by atomic mass is 9.93. The number of aliphatic carboxylic acids is 1. The number of hydrogen-bond acceptors (Lipinski definition) is 3. The van der Waals surface area contributed by atoms with Gasteiger partial charge < -0.3 is 20.3 Å². The van der Waals surface area contributed by atoms with E-state index in [1.165, 1.54) is 0 Å². The molecule has 0 aromatic carbocycles. The van der Waals surface area contributed by atoms with E-state index in [2.05, 4.69) is 15.6 Å². The minimum Gasteiger partial charge on any atom is -0.481 e. The molecule has 7 heteroatoms. The molecule has 0 saturated heterocycles. The number of carboxylic acids is 1. The molecule has 110 valence electrons. The molecule has 0 radical (unpaired) electrons. The van der Waals surface area contributed by atoms with Gasteiger partial charge in [0.2, 0.25) is 0 Å². The zero-order valence-corrected chi connectivity index (χ0v) is 11.6. The van der Waals surface area contributed by atoms with Gasteiger partial charge in [-0.05, 0) is 12.8 Å². The van der Waals surface area contributed by atoms with E-state index in [0.29, 0.717) is 6.54 Å². The van der Waals surface area contributed by atoms with E-state index in [1.807, 2.05) is 11.6 Å². The fourth-order valence-corrected chi connectivity index (χ4v) is 2.70. The SMILES string of the molecule is Cn1ccnc1CNC(=O)NC1(CC(=O)O)CCCC1. The summed E-state index contributed by atoms with van der Waals surface area (Å²) in [5, 5.41) is 14.5. The van der Waals surface area contributed by atoms with Crippen LogP contribution in [0.3, 0.4) is 0 Å². The molecule has 2 rings (SSSR count). The number of amides is 2. The Bertz CT molecular complexity index is 492. The largest absolute Gasteiger partial charge is 0.481 e. The van der Waals surface area contributed by atoms with E-state index < -0.39 is 11.5 Å². The van der Waals surface area contributed by atoms with Crippen molar-refractivity contribution in [2.45, 2.75) is 44.2 Å². The zero-order valence-electron chi connectivity index (χ0n) is 11.6. The highest BCUT2D eigenvalue weighted by molar-refractivity contribution is 5.76. The predicted octanol–water partition coefficient (Wildman–Crippen LogP) is 1.01.